The number of urea groups is 1. The molecule has 110 valence electrons. The Bertz CT molecular complexity index is 344. The van der Waals surface area contributed by atoms with Crippen LogP contribution < -0.4 is 5.32 Å². The molecule has 6 nitrogen and oxygen atoms in total. The van der Waals surface area contributed by atoms with Gasteiger partial charge in [0.15, 0.2) is 0 Å². The van der Waals surface area contributed by atoms with Gasteiger partial charge in [0.1, 0.15) is 6.04 Å². The lowest BCUT2D eigenvalue weighted by atomic mass is 10.1. The molecule has 1 unspecified atom stereocenters. The van der Waals surface area contributed by atoms with Crippen LogP contribution in [0.2, 0.25) is 0 Å². The monoisotopic (exact) mass is 272 g/mol. The van der Waals surface area contributed by atoms with Gasteiger partial charge in [-0.2, -0.15) is 0 Å². The van der Waals surface area contributed by atoms with Crippen molar-refractivity contribution in [2.24, 2.45) is 0 Å². The van der Waals surface area contributed by atoms with E-state index in [1.54, 1.807) is 4.90 Å². The standard InChI is InChI=1S/C13H24N2O4/c1-5-6-10(11(16)17)14-12(18)15-7-9(2)19-13(3,4)8-15/h9-10H,5-8H2,1-4H3,(H,14,18)(H,16,17)/t9?,10-/m0/s1. The molecule has 0 aliphatic carbocycles. The highest BCUT2D eigenvalue weighted by molar-refractivity contribution is 5.82. The molecular weight excluding hydrogens is 248 g/mol. The third-order valence-corrected chi connectivity index (χ3v) is 3.03. The Kier molecular flexibility index (Phi) is 5.17. The summed E-state index contributed by atoms with van der Waals surface area (Å²) in [6.07, 6.45) is 1.09. The molecule has 19 heavy (non-hydrogen) atoms. The van der Waals surface area contributed by atoms with Gasteiger partial charge < -0.3 is 20.1 Å². The number of carboxylic acids is 1. The maximum Gasteiger partial charge on any atom is 0.326 e. The highest BCUT2D eigenvalue weighted by atomic mass is 16.5. The van der Waals surface area contributed by atoms with Gasteiger partial charge in [0.2, 0.25) is 0 Å². The minimum absolute atomic E-state index is 0.0519. The van der Waals surface area contributed by atoms with Crippen molar-refractivity contribution in [1.82, 2.24) is 10.2 Å². The molecule has 0 aromatic heterocycles. The summed E-state index contributed by atoms with van der Waals surface area (Å²) in [6.45, 7) is 8.58. The molecule has 1 aliphatic heterocycles. The van der Waals surface area contributed by atoms with Crippen molar-refractivity contribution in [2.45, 2.75) is 58.3 Å². The molecule has 2 amide bonds. The van der Waals surface area contributed by atoms with Crippen LogP contribution in [-0.4, -0.2) is 52.8 Å². The van der Waals surface area contributed by atoms with Crippen molar-refractivity contribution in [3.63, 3.8) is 0 Å². The second-order valence-corrected chi connectivity index (χ2v) is 5.70. The Hall–Kier alpha value is -1.30. The summed E-state index contributed by atoms with van der Waals surface area (Å²) in [5.41, 5.74) is -0.404. The molecule has 0 bridgehead atoms. The highest BCUT2D eigenvalue weighted by Crippen LogP contribution is 2.20. The van der Waals surface area contributed by atoms with Crippen LogP contribution in [0.15, 0.2) is 0 Å². The maximum absolute atomic E-state index is 12.1. The van der Waals surface area contributed by atoms with E-state index in [0.29, 0.717) is 25.9 Å². The molecule has 0 aromatic carbocycles. The first-order valence-corrected chi connectivity index (χ1v) is 6.71. The van der Waals surface area contributed by atoms with Crippen LogP contribution in [0.25, 0.3) is 0 Å². The maximum atomic E-state index is 12.1. The topological polar surface area (TPSA) is 78.9 Å². The zero-order valence-electron chi connectivity index (χ0n) is 12.1. The van der Waals surface area contributed by atoms with Crippen molar-refractivity contribution >= 4 is 12.0 Å². The van der Waals surface area contributed by atoms with E-state index < -0.39 is 17.6 Å². The number of hydrogen-bond acceptors (Lipinski definition) is 3. The van der Waals surface area contributed by atoms with Crippen LogP contribution >= 0.6 is 0 Å². The van der Waals surface area contributed by atoms with E-state index in [4.69, 9.17) is 9.84 Å². The largest absolute Gasteiger partial charge is 0.480 e. The van der Waals surface area contributed by atoms with Crippen molar-refractivity contribution in [3.05, 3.63) is 0 Å². The fourth-order valence-corrected chi connectivity index (χ4v) is 2.39. The second kappa shape index (κ2) is 6.23. The SMILES string of the molecule is CCC[C@H](NC(=O)N1CC(C)OC(C)(C)C1)C(=O)O. The number of aliphatic carboxylic acids is 1. The first-order chi connectivity index (χ1) is 8.75. The second-order valence-electron chi connectivity index (χ2n) is 5.70. The van der Waals surface area contributed by atoms with E-state index in [1.807, 2.05) is 27.7 Å². The first-order valence-electron chi connectivity index (χ1n) is 6.71. The number of amides is 2. The van der Waals surface area contributed by atoms with E-state index in [-0.39, 0.29) is 12.1 Å². The summed E-state index contributed by atoms with van der Waals surface area (Å²) in [6, 6.07) is -1.15. The predicted molar refractivity (Wildman–Crippen MR) is 71.1 cm³/mol. The average molecular weight is 272 g/mol. The number of rotatable bonds is 4. The fraction of sp³-hybridized carbons (Fsp3) is 0.846. The molecule has 1 aliphatic rings. The Morgan fingerprint density at radius 3 is 2.63 bits per heavy atom. The Labute approximate surface area is 114 Å². The van der Waals surface area contributed by atoms with Crippen molar-refractivity contribution in [1.29, 1.82) is 0 Å². The summed E-state index contributed by atoms with van der Waals surface area (Å²) in [4.78, 5) is 24.8. The lowest BCUT2D eigenvalue weighted by Gasteiger charge is -2.41. The Balaban J connectivity index is 2.63. The van der Waals surface area contributed by atoms with Crippen molar-refractivity contribution in [3.8, 4) is 0 Å². The van der Waals surface area contributed by atoms with Gasteiger partial charge in [-0.1, -0.05) is 13.3 Å². The van der Waals surface area contributed by atoms with Gasteiger partial charge >= 0.3 is 12.0 Å². The summed E-state index contributed by atoms with van der Waals surface area (Å²) in [5, 5.41) is 11.6. The summed E-state index contributed by atoms with van der Waals surface area (Å²) < 4.78 is 5.72. The normalized spacial score (nSPS) is 23.8. The molecular formula is C13H24N2O4. The van der Waals surface area contributed by atoms with Crippen molar-refractivity contribution < 1.29 is 19.4 Å². The van der Waals surface area contributed by atoms with E-state index >= 15 is 0 Å². The van der Waals surface area contributed by atoms with Crippen LogP contribution in [0.1, 0.15) is 40.5 Å². The third kappa shape index (κ3) is 4.70. The number of carbonyl (C=O) groups is 2. The molecule has 1 fully saturated rings. The van der Waals surface area contributed by atoms with E-state index in [2.05, 4.69) is 5.32 Å². The van der Waals surface area contributed by atoms with E-state index in [1.165, 1.54) is 0 Å². The van der Waals surface area contributed by atoms with Crippen molar-refractivity contribution in [2.75, 3.05) is 13.1 Å². The Morgan fingerprint density at radius 2 is 2.16 bits per heavy atom. The minimum Gasteiger partial charge on any atom is -0.480 e. The van der Waals surface area contributed by atoms with Crippen LogP contribution in [-0.2, 0) is 9.53 Å². The van der Waals surface area contributed by atoms with E-state index in [0.717, 1.165) is 0 Å². The molecule has 2 atom stereocenters. The third-order valence-electron chi connectivity index (χ3n) is 3.03. The van der Waals surface area contributed by atoms with Gasteiger partial charge in [0.25, 0.3) is 0 Å². The zero-order valence-corrected chi connectivity index (χ0v) is 12.1. The van der Waals surface area contributed by atoms with Crippen LogP contribution in [0.4, 0.5) is 4.79 Å². The average Bonchev–Trinajstić information content (AvgIpc) is 2.25. The molecule has 0 spiro atoms. The van der Waals surface area contributed by atoms with Crippen LogP contribution in [0.5, 0.6) is 0 Å². The molecule has 2 N–H and O–H groups in total. The lowest BCUT2D eigenvalue weighted by Crippen LogP contribution is -2.58. The smallest absolute Gasteiger partial charge is 0.326 e. The molecule has 0 saturated carbocycles. The molecule has 0 radical (unpaired) electrons. The lowest BCUT2D eigenvalue weighted by molar-refractivity contribution is -0.139. The number of carbonyl (C=O) groups excluding carboxylic acids is 1. The Morgan fingerprint density at radius 1 is 1.53 bits per heavy atom. The molecule has 0 aromatic rings. The minimum atomic E-state index is -0.990. The molecule has 6 heteroatoms. The number of carboxylic acid groups (broad SMARTS) is 1. The first kappa shape index (κ1) is 15.8. The number of morpholine rings is 1. The predicted octanol–water partition coefficient (Wildman–Crippen LogP) is 1.45. The molecule has 1 rings (SSSR count). The molecule has 1 saturated heterocycles. The summed E-state index contributed by atoms with van der Waals surface area (Å²) in [5.74, 6) is -0.990. The number of ether oxygens (including phenoxy) is 1. The number of hydrogen-bond donors (Lipinski definition) is 2. The van der Waals surface area contributed by atoms with Crippen LogP contribution in [0, 0.1) is 0 Å². The van der Waals surface area contributed by atoms with Gasteiger partial charge in [0.05, 0.1) is 18.2 Å². The number of nitrogens with one attached hydrogen (secondary N) is 1. The van der Waals surface area contributed by atoms with Gasteiger partial charge in [-0.3, -0.25) is 0 Å². The quantitative estimate of drug-likeness (QED) is 0.812. The van der Waals surface area contributed by atoms with Gasteiger partial charge in [0, 0.05) is 6.54 Å². The van der Waals surface area contributed by atoms with Gasteiger partial charge in [-0.05, 0) is 27.2 Å². The van der Waals surface area contributed by atoms with Gasteiger partial charge in [-0.25, -0.2) is 9.59 Å². The summed E-state index contributed by atoms with van der Waals surface area (Å²) in [7, 11) is 0. The van der Waals surface area contributed by atoms with Gasteiger partial charge in [-0.15, -0.1) is 0 Å². The zero-order chi connectivity index (χ0) is 14.6. The fourth-order valence-electron chi connectivity index (χ4n) is 2.39. The van der Waals surface area contributed by atoms with E-state index in [9.17, 15) is 9.59 Å². The highest BCUT2D eigenvalue weighted by Gasteiger charge is 2.34. The van der Waals surface area contributed by atoms with Crippen LogP contribution in [0.3, 0.4) is 0 Å². The summed E-state index contributed by atoms with van der Waals surface area (Å²) >= 11 is 0. The number of nitrogens with zero attached hydrogens (tertiary/aromatic N) is 1. The molecule has 1 heterocycles.